The molecule has 4 rings (SSSR count). The van der Waals surface area contributed by atoms with Crippen molar-refractivity contribution in [3.63, 3.8) is 0 Å². The molecule has 2 aliphatic rings. The Balaban J connectivity index is 1.74. The van der Waals surface area contributed by atoms with Crippen molar-refractivity contribution in [2.75, 3.05) is 23.7 Å². The van der Waals surface area contributed by atoms with Crippen LogP contribution < -0.4 is 16.0 Å². The highest BCUT2D eigenvalue weighted by Gasteiger charge is 2.34. The summed E-state index contributed by atoms with van der Waals surface area (Å²) < 4.78 is 40.0. The van der Waals surface area contributed by atoms with Gasteiger partial charge in [-0.3, -0.25) is 0 Å². The maximum Gasteiger partial charge on any atom is 0.416 e. The van der Waals surface area contributed by atoms with Gasteiger partial charge in [0, 0.05) is 17.1 Å². The molecule has 3 N–H and O–H groups in total. The Hall–Kier alpha value is -1.93. The van der Waals surface area contributed by atoms with Crippen LogP contribution in [0.2, 0.25) is 0 Å². The molecule has 1 saturated heterocycles. The predicted molar refractivity (Wildman–Crippen MR) is 92.6 cm³/mol. The fourth-order valence-electron chi connectivity index (χ4n) is 3.09. The Bertz CT molecular complexity index is 788. The smallest absolute Gasteiger partial charge is 0.380 e. The second-order valence-electron chi connectivity index (χ2n) is 6.14. The summed E-state index contributed by atoms with van der Waals surface area (Å²) in [6.07, 6.45) is -0.948. The summed E-state index contributed by atoms with van der Waals surface area (Å²) in [7, 11) is 0. The van der Waals surface area contributed by atoms with Crippen molar-refractivity contribution in [3.8, 4) is 0 Å². The Morgan fingerprint density at radius 1 is 1.16 bits per heavy atom. The van der Waals surface area contributed by atoms with Gasteiger partial charge in [-0.2, -0.15) is 13.2 Å². The molecule has 3 heterocycles. The van der Waals surface area contributed by atoms with Crippen LogP contribution in [0.25, 0.3) is 0 Å². The van der Waals surface area contributed by atoms with Gasteiger partial charge < -0.3 is 16.0 Å². The molecule has 0 bridgehead atoms. The maximum atomic E-state index is 13.3. The molecule has 1 aromatic carbocycles. The second kappa shape index (κ2) is 6.42. The second-order valence-corrected chi connectivity index (χ2v) is 7.22. The zero-order chi connectivity index (χ0) is 17.4. The molecular weight excluding hydrogens is 349 g/mol. The normalized spacial score (nSPS) is 17.4. The highest BCUT2D eigenvalue weighted by molar-refractivity contribution is 7.99. The summed E-state index contributed by atoms with van der Waals surface area (Å²) in [5.74, 6) is 0.674. The van der Waals surface area contributed by atoms with Crippen LogP contribution in [0.4, 0.5) is 30.4 Å². The Kier molecular flexibility index (Phi) is 4.24. The highest BCUT2D eigenvalue weighted by Crippen LogP contribution is 2.48. The molecule has 0 amide bonds. The number of nitrogens with zero attached hydrogens (tertiary/aromatic N) is 1. The quantitative estimate of drug-likeness (QED) is 0.625. The van der Waals surface area contributed by atoms with E-state index in [2.05, 4.69) is 20.9 Å². The first-order chi connectivity index (χ1) is 12.0. The molecule has 0 radical (unpaired) electrons. The lowest BCUT2D eigenvalue weighted by Gasteiger charge is -2.29. The van der Waals surface area contributed by atoms with E-state index in [-0.39, 0.29) is 6.04 Å². The maximum absolute atomic E-state index is 13.3. The number of anilines is 3. The van der Waals surface area contributed by atoms with Gasteiger partial charge in [0.15, 0.2) is 0 Å². The lowest BCUT2D eigenvalue weighted by Crippen LogP contribution is -2.35. The number of alkyl halides is 3. The Labute approximate surface area is 147 Å². The summed E-state index contributed by atoms with van der Waals surface area (Å²) in [4.78, 5) is 5.67. The largest absolute Gasteiger partial charge is 0.416 e. The van der Waals surface area contributed by atoms with Crippen LogP contribution in [0, 0.1) is 0 Å². The van der Waals surface area contributed by atoms with Gasteiger partial charge in [-0.05, 0) is 50.2 Å². The van der Waals surface area contributed by atoms with Gasteiger partial charge in [-0.25, -0.2) is 4.98 Å². The van der Waals surface area contributed by atoms with Gasteiger partial charge >= 0.3 is 6.18 Å². The summed E-state index contributed by atoms with van der Waals surface area (Å²) >= 11 is 1.31. The summed E-state index contributed by atoms with van der Waals surface area (Å²) in [6.45, 7) is 1.73. The summed E-state index contributed by atoms with van der Waals surface area (Å²) in [5, 5.41) is 9.77. The standard InChI is InChI=1S/C17H17F3N4S/c18-17(19,20)10-8-12(23-11-3-6-21-7-4-11)15-14(9-10)25-13-2-1-5-22-16(13)24-15/h1-2,5,8-9,11,21,23H,3-4,6-7H2,(H,22,24). The molecule has 0 spiro atoms. The average molecular weight is 366 g/mol. The Morgan fingerprint density at radius 2 is 1.96 bits per heavy atom. The SMILES string of the molecule is FC(F)(F)c1cc(NC2CCNCC2)c2c(c1)Sc1cccnc1N2. The molecule has 132 valence electrons. The molecular formula is C17H17F3N4S. The van der Waals surface area contributed by atoms with E-state index in [9.17, 15) is 13.2 Å². The topological polar surface area (TPSA) is 49.0 Å². The molecule has 0 aliphatic carbocycles. The number of hydrogen-bond acceptors (Lipinski definition) is 5. The zero-order valence-electron chi connectivity index (χ0n) is 13.3. The lowest BCUT2D eigenvalue weighted by atomic mass is 10.1. The number of aromatic nitrogens is 1. The van der Waals surface area contributed by atoms with Gasteiger partial charge in [-0.1, -0.05) is 11.8 Å². The number of fused-ring (bicyclic) bond motifs is 2. The first-order valence-electron chi connectivity index (χ1n) is 8.13. The van der Waals surface area contributed by atoms with Crippen LogP contribution >= 0.6 is 11.8 Å². The molecule has 25 heavy (non-hydrogen) atoms. The third kappa shape index (κ3) is 3.41. The molecule has 1 fully saturated rings. The van der Waals surface area contributed by atoms with Crippen LogP contribution in [0.15, 0.2) is 40.3 Å². The van der Waals surface area contributed by atoms with E-state index < -0.39 is 11.7 Å². The summed E-state index contributed by atoms with van der Waals surface area (Å²) in [5.41, 5.74) is 0.521. The molecule has 2 aliphatic heterocycles. The Morgan fingerprint density at radius 3 is 2.72 bits per heavy atom. The van der Waals surface area contributed by atoms with Crippen LogP contribution in [0.5, 0.6) is 0 Å². The van der Waals surface area contributed by atoms with E-state index in [1.165, 1.54) is 23.9 Å². The minimum absolute atomic E-state index is 0.158. The van der Waals surface area contributed by atoms with Crippen molar-refractivity contribution in [2.45, 2.75) is 34.9 Å². The van der Waals surface area contributed by atoms with Crippen molar-refractivity contribution in [1.82, 2.24) is 10.3 Å². The molecule has 0 unspecified atom stereocenters. The molecule has 0 atom stereocenters. The van der Waals surface area contributed by atoms with Crippen LogP contribution in [-0.2, 0) is 6.18 Å². The fraction of sp³-hybridized carbons (Fsp3) is 0.353. The average Bonchev–Trinajstić information content (AvgIpc) is 2.60. The van der Waals surface area contributed by atoms with Crippen LogP contribution in [0.1, 0.15) is 18.4 Å². The highest BCUT2D eigenvalue weighted by atomic mass is 32.2. The molecule has 2 aromatic rings. The number of benzene rings is 1. The number of halogens is 3. The van der Waals surface area contributed by atoms with Crippen molar-refractivity contribution in [1.29, 1.82) is 0 Å². The van der Waals surface area contributed by atoms with Gasteiger partial charge in [-0.15, -0.1) is 0 Å². The third-order valence-corrected chi connectivity index (χ3v) is 5.45. The molecule has 1 aromatic heterocycles. The van der Waals surface area contributed by atoms with E-state index >= 15 is 0 Å². The number of pyridine rings is 1. The van der Waals surface area contributed by atoms with Crippen molar-refractivity contribution < 1.29 is 13.2 Å². The van der Waals surface area contributed by atoms with Gasteiger partial charge in [0.2, 0.25) is 0 Å². The lowest BCUT2D eigenvalue weighted by molar-refractivity contribution is -0.137. The first-order valence-corrected chi connectivity index (χ1v) is 8.95. The number of nitrogens with one attached hydrogen (secondary N) is 3. The van der Waals surface area contributed by atoms with Crippen molar-refractivity contribution in [3.05, 3.63) is 36.0 Å². The minimum Gasteiger partial charge on any atom is -0.380 e. The van der Waals surface area contributed by atoms with Crippen molar-refractivity contribution in [2.24, 2.45) is 0 Å². The molecule has 0 saturated carbocycles. The van der Waals surface area contributed by atoms with E-state index in [1.54, 1.807) is 12.3 Å². The number of piperidine rings is 1. The van der Waals surface area contributed by atoms with Gasteiger partial charge in [0.1, 0.15) is 5.82 Å². The zero-order valence-corrected chi connectivity index (χ0v) is 14.1. The number of hydrogen-bond donors (Lipinski definition) is 3. The van der Waals surface area contributed by atoms with Gasteiger partial charge in [0.25, 0.3) is 0 Å². The van der Waals surface area contributed by atoms with Crippen LogP contribution in [0.3, 0.4) is 0 Å². The first kappa shape index (κ1) is 16.5. The predicted octanol–water partition coefficient (Wildman–Crippen LogP) is 4.47. The summed E-state index contributed by atoms with van der Waals surface area (Å²) in [6, 6.07) is 6.19. The van der Waals surface area contributed by atoms with E-state index in [4.69, 9.17) is 0 Å². The monoisotopic (exact) mass is 366 g/mol. The third-order valence-electron chi connectivity index (χ3n) is 4.36. The van der Waals surface area contributed by atoms with Crippen molar-refractivity contribution >= 4 is 29.0 Å². The van der Waals surface area contributed by atoms with Gasteiger partial charge in [0.05, 0.1) is 21.8 Å². The molecule has 8 heteroatoms. The molecule has 4 nitrogen and oxygen atoms in total. The fourth-order valence-corrected chi connectivity index (χ4v) is 4.13. The minimum atomic E-state index is -4.38. The number of rotatable bonds is 2. The van der Waals surface area contributed by atoms with E-state index in [0.717, 1.165) is 30.8 Å². The van der Waals surface area contributed by atoms with E-state index in [1.807, 2.05) is 6.07 Å². The van der Waals surface area contributed by atoms with E-state index in [0.29, 0.717) is 22.1 Å². The van der Waals surface area contributed by atoms with Crippen LogP contribution in [-0.4, -0.2) is 24.1 Å².